The molecule has 3 atom stereocenters. The molecule has 14 heavy (non-hydrogen) atoms. The monoisotopic (exact) mass is 246 g/mol. The lowest BCUT2D eigenvalue weighted by molar-refractivity contribution is -0.183. The van der Waals surface area contributed by atoms with Gasteiger partial charge in [-0.3, -0.25) is 0 Å². The Balaban J connectivity index is 3.01. The van der Waals surface area contributed by atoms with Gasteiger partial charge in [-0.1, -0.05) is 0 Å². The molecule has 0 spiro atoms. The van der Waals surface area contributed by atoms with Gasteiger partial charge in [0.15, 0.2) is 4.87 Å². The van der Waals surface area contributed by atoms with Gasteiger partial charge in [-0.25, -0.2) is 0 Å². The molecule has 0 radical (unpaired) electrons. The molecule has 1 aliphatic rings. The Morgan fingerprint density at radius 2 is 2.07 bits per heavy atom. The molecule has 1 rings (SSSR count). The highest BCUT2D eigenvalue weighted by Crippen LogP contribution is 2.43. The zero-order valence-electron chi connectivity index (χ0n) is 6.91. The molecule has 0 aromatic heterocycles. The standard InChI is InChI=1S/C7H7Cl2F3N2/c8-4-1-14-3-6(9,2-13)5(4)7(10,11)12/h4-5,14H,1,3H2. The van der Waals surface area contributed by atoms with Crippen molar-refractivity contribution >= 4 is 23.2 Å². The van der Waals surface area contributed by atoms with Gasteiger partial charge in [-0.2, -0.15) is 18.4 Å². The molecular formula is C7H7Cl2F3N2. The zero-order chi connectivity index (χ0) is 11.0. The van der Waals surface area contributed by atoms with Crippen LogP contribution in [0.4, 0.5) is 13.2 Å². The van der Waals surface area contributed by atoms with Gasteiger partial charge in [-0.15, -0.1) is 23.2 Å². The van der Waals surface area contributed by atoms with Crippen molar-refractivity contribution in [3.05, 3.63) is 0 Å². The Bertz CT molecular complexity index is 263. The summed E-state index contributed by atoms with van der Waals surface area (Å²) in [7, 11) is 0. The Labute approximate surface area is 89.0 Å². The number of halogens is 5. The summed E-state index contributed by atoms with van der Waals surface area (Å²) in [5.74, 6) is -2.00. The average Bonchev–Trinajstić information content (AvgIpc) is 2.01. The molecule has 7 heteroatoms. The quantitative estimate of drug-likeness (QED) is 0.663. The van der Waals surface area contributed by atoms with E-state index in [0.717, 1.165) is 0 Å². The van der Waals surface area contributed by atoms with Crippen LogP contribution < -0.4 is 5.32 Å². The summed E-state index contributed by atoms with van der Waals surface area (Å²) in [5.41, 5.74) is 0. The third-order valence-corrected chi connectivity index (χ3v) is 2.97. The van der Waals surface area contributed by atoms with Crippen LogP contribution in [-0.4, -0.2) is 29.5 Å². The number of alkyl halides is 5. The smallest absolute Gasteiger partial charge is 0.312 e. The number of hydrogen-bond acceptors (Lipinski definition) is 2. The lowest BCUT2D eigenvalue weighted by Gasteiger charge is -2.38. The molecular weight excluding hydrogens is 240 g/mol. The maximum absolute atomic E-state index is 12.5. The summed E-state index contributed by atoms with van der Waals surface area (Å²) >= 11 is 11.1. The first-order valence-electron chi connectivity index (χ1n) is 3.83. The molecule has 0 amide bonds. The van der Waals surface area contributed by atoms with Crippen LogP contribution in [0, 0.1) is 17.2 Å². The zero-order valence-corrected chi connectivity index (χ0v) is 8.42. The SMILES string of the molecule is N#CC1(Cl)CNCC(Cl)C1C(F)(F)F. The minimum atomic E-state index is -4.55. The van der Waals surface area contributed by atoms with Crippen molar-refractivity contribution in [1.29, 1.82) is 5.26 Å². The highest BCUT2D eigenvalue weighted by atomic mass is 35.5. The van der Waals surface area contributed by atoms with Gasteiger partial charge >= 0.3 is 6.18 Å². The maximum Gasteiger partial charge on any atom is 0.396 e. The molecule has 0 aromatic carbocycles. The van der Waals surface area contributed by atoms with Crippen LogP contribution in [-0.2, 0) is 0 Å². The fraction of sp³-hybridized carbons (Fsp3) is 0.857. The second-order valence-electron chi connectivity index (χ2n) is 3.14. The van der Waals surface area contributed by atoms with Crippen molar-refractivity contribution in [2.75, 3.05) is 13.1 Å². The minimum Gasteiger partial charge on any atom is -0.312 e. The summed E-state index contributed by atoms with van der Waals surface area (Å²) in [4.78, 5) is -2.00. The van der Waals surface area contributed by atoms with Crippen LogP contribution in [0.15, 0.2) is 0 Å². The number of nitriles is 1. The van der Waals surface area contributed by atoms with E-state index in [0.29, 0.717) is 0 Å². The van der Waals surface area contributed by atoms with Crippen LogP contribution in [0.1, 0.15) is 0 Å². The third kappa shape index (κ3) is 2.08. The average molecular weight is 247 g/mol. The Morgan fingerprint density at radius 1 is 1.50 bits per heavy atom. The van der Waals surface area contributed by atoms with Crippen molar-refractivity contribution in [3.63, 3.8) is 0 Å². The highest BCUT2D eigenvalue weighted by molar-refractivity contribution is 6.28. The van der Waals surface area contributed by atoms with Gasteiger partial charge in [0.2, 0.25) is 0 Å². The Morgan fingerprint density at radius 3 is 2.43 bits per heavy atom. The molecule has 1 heterocycles. The molecule has 2 nitrogen and oxygen atoms in total. The summed E-state index contributed by atoms with van der Waals surface area (Å²) in [6, 6.07) is 1.47. The first kappa shape index (κ1) is 11.9. The lowest BCUT2D eigenvalue weighted by Crippen LogP contribution is -2.58. The fourth-order valence-electron chi connectivity index (χ4n) is 1.48. The van der Waals surface area contributed by atoms with E-state index in [1.54, 1.807) is 0 Å². The highest BCUT2D eigenvalue weighted by Gasteiger charge is 2.58. The largest absolute Gasteiger partial charge is 0.396 e. The second-order valence-corrected chi connectivity index (χ2v) is 4.38. The van der Waals surface area contributed by atoms with E-state index >= 15 is 0 Å². The van der Waals surface area contributed by atoms with Crippen molar-refractivity contribution in [2.24, 2.45) is 5.92 Å². The molecule has 0 aromatic rings. The van der Waals surface area contributed by atoms with E-state index in [9.17, 15) is 13.2 Å². The van der Waals surface area contributed by atoms with E-state index in [2.05, 4.69) is 5.32 Å². The first-order valence-corrected chi connectivity index (χ1v) is 4.64. The van der Waals surface area contributed by atoms with Crippen molar-refractivity contribution in [1.82, 2.24) is 5.32 Å². The summed E-state index contributed by atoms with van der Waals surface area (Å²) in [6.45, 7) is -0.208. The van der Waals surface area contributed by atoms with E-state index in [-0.39, 0.29) is 13.1 Å². The number of hydrogen-bond donors (Lipinski definition) is 1. The molecule has 0 aliphatic carbocycles. The van der Waals surface area contributed by atoms with E-state index in [4.69, 9.17) is 28.5 Å². The molecule has 3 unspecified atom stereocenters. The van der Waals surface area contributed by atoms with Crippen LogP contribution in [0.3, 0.4) is 0 Å². The van der Waals surface area contributed by atoms with Crippen LogP contribution >= 0.6 is 23.2 Å². The fourth-order valence-corrected chi connectivity index (χ4v) is 2.38. The van der Waals surface area contributed by atoms with Crippen LogP contribution in [0.25, 0.3) is 0 Å². The molecule has 0 saturated carbocycles. The molecule has 80 valence electrons. The summed E-state index contributed by atoms with van der Waals surface area (Å²) < 4.78 is 37.6. The predicted molar refractivity (Wildman–Crippen MR) is 46.3 cm³/mol. The van der Waals surface area contributed by atoms with Gasteiger partial charge in [0.05, 0.1) is 11.4 Å². The van der Waals surface area contributed by atoms with Gasteiger partial charge in [0, 0.05) is 13.1 Å². The molecule has 1 saturated heterocycles. The van der Waals surface area contributed by atoms with Crippen molar-refractivity contribution in [3.8, 4) is 6.07 Å². The van der Waals surface area contributed by atoms with E-state index in [1.165, 1.54) is 6.07 Å². The Hall–Kier alpha value is -0.180. The van der Waals surface area contributed by atoms with Crippen molar-refractivity contribution in [2.45, 2.75) is 16.4 Å². The summed E-state index contributed by atoms with van der Waals surface area (Å²) in [5, 5.41) is 10.0. The first-order chi connectivity index (χ1) is 6.31. The number of nitrogens with zero attached hydrogens (tertiary/aromatic N) is 1. The number of piperidine rings is 1. The van der Waals surface area contributed by atoms with Crippen LogP contribution in [0.5, 0.6) is 0 Å². The second kappa shape index (κ2) is 3.76. The minimum absolute atomic E-state index is 0.00187. The van der Waals surface area contributed by atoms with Gasteiger partial charge < -0.3 is 5.32 Å². The molecule has 1 fully saturated rings. The van der Waals surface area contributed by atoms with Gasteiger partial charge in [-0.05, 0) is 0 Å². The molecule has 1 aliphatic heterocycles. The topological polar surface area (TPSA) is 35.8 Å². The Kier molecular flexibility index (Phi) is 3.20. The molecule has 1 N–H and O–H groups in total. The van der Waals surface area contributed by atoms with Gasteiger partial charge in [0.25, 0.3) is 0 Å². The van der Waals surface area contributed by atoms with E-state index in [1.807, 2.05) is 0 Å². The lowest BCUT2D eigenvalue weighted by atomic mass is 9.85. The van der Waals surface area contributed by atoms with E-state index < -0.39 is 22.3 Å². The normalized spacial score (nSPS) is 39.1. The van der Waals surface area contributed by atoms with Crippen LogP contribution in [0.2, 0.25) is 0 Å². The van der Waals surface area contributed by atoms with Crippen molar-refractivity contribution < 1.29 is 13.2 Å². The predicted octanol–water partition coefficient (Wildman–Crippen LogP) is 1.88. The number of rotatable bonds is 0. The maximum atomic E-state index is 12.5. The third-order valence-electron chi connectivity index (χ3n) is 2.11. The summed E-state index contributed by atoms with van der Waals surface area (Å²) in [6.07, 6.45) is -4.55. The van der Waals surface area contributed by atoms with Gasteiger partial charge in [0.1, 0.15) is 5.92 Å². The molecule has 0 bridgehead atoms. The number of nitrogens with one attached hydrogen (secondary N) is 1.